The molecule has 17 heavy (non-hydrogen) atoms. The summed E-state index contributed by atoms with van der Waals surface area (Å²) in [6.07, 6.45) is 1.73. The second-order valence-corrected chi connectivity index (χ2v) is 5.96. The number of hydroxylamine groups is 1. The Kier molecular flexibility index (Phi) is 3.24. The summed E-state index contributed by atoms with van der Waals surface area (Å²) in [7, 11) is -1.84. The molecule has 0 unspecified atom stereocenters. The fraction of sp³-hybridized carbons (Fsp3) is 0.700. The van der Waals surface area contributed by atoms with Crippen LogP contribution in [0.1, 0.15) is 24.2 Å². The van der Waals surface area contributed by atoms with Gasteiger partial charge in [0.15, 0.2) is 0 Å². The Bertz CT molecular complexity index is 515. The molecule has 1 aliphatic heterocycles. The molecule has 1 aromatic rings. The van der Waals surface area contributed by atoms with Crippen LogP contribution in [-0.4, -0.2) is 35.8 Å². The van der Waals surface area contributed by atoms with Crippen LogP contribution in [0, 0.1) is 13.8 Å². The van der Waals surface area contributed by atoms with Gasteiger partial charge >= 0.3 is 0 Å². The van der Waals surface area contributed by atoms with Crippen LogP contribution >= 0.6 is 0 Å². The largest absolute Gasteiger partial charge is 0.284 e. The lowest BCUT2D eigenvalue weighted by atomic mass is 10.3. The molecule has 2 heterocycles. The van der Waals surface area contributed by atoms with E-state index in [4.69, 9.17) is 4.84 Å². The van der Waals surface area contributed by atoms with Crippen LogP contribution in [0.5, 0.6) is 0 Å². The summed E-state index contributed by atoms with van der Waals surface area (Å²) >= 11 is 0. The third-order valence-electron chi connectivity index (χ3n) is 2.94. The Balaban J connectivity index is 2.43. The minimum atomic E-state index is -3.57. The van der Waals surface area contributed by atoms with Crippen molar-refractivity contribution in [3.05, 3.63) is 11.4 Å². The zero-order valence-electron chi connectivity index (χ0n) is 10.3. The topological polar surface area (TPSA) is 64.4 Å². The third-order valence-corrected chi connectivity index (χ3v) is 4.87. The summed E-state index contributed by atoms with van der Waals surface area (Å²) in [6, 6.07) is 0. The van der Waals surface area contributed by atoms with E-state index in [1.165, 1.54) is 0 Å². The molecule has 2 rings (SSSR count). The average molecular weight is 259 g/mol. The molecule has 0 aromatic carbocycles. The lowest BCUT2D eigenvalue weighted by Crippen LogP contribution is -2.36. The first-order valence-electron chi connectivity index (χ1n) is 5.60. The molecule has 0 atom stereocenters. The smallest absolute Gasteiger partial charge is 0.268 e. The molecule has 1 saturated heterocycles. The van der Waals surface area contributed by atoms with E-state index in [-0.39, 0.29) is 4.90 Å². The van der Waals surface area contributed by atoms with E-state index in [1.54, 1.807) is 25.6 Å². The summed E-state index contributed by atoms with van der Waals surface area (Å²) in [5.74, 6) is 0. The molecule has 0 saturated carbocycles. The van der Waals surface area contributed by atoms with E-state index < -0.39 is 10.0 Å². The van der Waals surface area contributed by atoms with Gasteiger partial charge in [-0.2, -0.15) is 5.10 Å². The molecule has 0 N–H and O–H groups in total. The lowest BCUT2D eigenvalue weighted by molar-refractivity contribution is -0.108. The van der Waals surface area contributed by atoms with Crippen molar-refractivity contribution >= 4 is 10.0 Å². The first kappa shape index (κ1) is 12.5. The number of aromatic nitrogens is 2. The highest BCUT2D eigenvalue weighted by atomic mass is 32.2. The van der Waals surface area contributed by atoms with Crippen LogP contribution in [0.4, 0.5) is 0 Å². The van der Waals surface area contributed by atoms with Crippen LogP contribution in [0.15, 0.2) is 4.90 Å². The van der Waals surface area contributed by atoms with E-state index in [0.29, 0.717) is 24.5 Å². The highest BCUT2D eigenvalue weighted by Gasteiger charge is 2.32. The Morgan fingerprint density at radius 2 is 2.00 bits per heavy atom. The van der Waals surface area contributed by atoms with E-state index in [9.17, 15) is 8.42 Å². The molecule has 0 bridgehead atoms. The van der Waals surface area contributed by atoms with E-state index in [1.807, 2.05) is 0 Å². The average Bonchev–Trinajstić information content (AvgIpc) is 2.54. The van der Waals surface area contributed by atoms with Crippen molar-refractivity contribution in [2.45, 2.75) is 31.6 Å². The summed E-state index contributed by atoms with van der Waals surface area (Å²) < 4.78 is 27.4. The fourth-order valence-electron chi connectivity index (χ4n) is 1.99. The van der Waals surface area contributed by atoms with Gasteiger partial charge in [0.2, 0.25) is 0 Å². The number of hydrogen-bond donors (Lipinski definition) is 0. The van der Waals surface area contributed by atoms with Crippen LogP contribution in [0.3, 0.4) is 0 Å². The van der Waals surface area contributed by atoms with Crippen molar-refractivity contribution in [3.8, 4) is 0 Å². The molecule has 1 aliphatic rings. The van der Waals surface area contributed by atoms with Gasteiger partial charge in [-0.3, -0.25) is 9.52 Å². The van der Waals surface area contributed by atoms with Crippen molar-refractivity contribution in [3.63, 3.8) is 0 Å². The second-order valence-electron chi connectivity index (χ2n) is 4.20. The minimum Gasteiger partial charge on any atom is -0.284 e. The van der Waals surface area contributed by atoms with Gasteiger partial charge < -0.3 is 0 Å². The number of hydrogen-bond acceptors (Lipinski definition) is 4. The number of rotatable bonds is 2. The molecule has 0 radical (unpaired) electrons. The van der Waals surface area contributed by atoms with Crippen LogP contribution in [-0.2, 0) is 21.9 Å². The Hall–Kier alpha value is -0.920. The quantitative estimate of drug-likeness (QED) is 0.786. The molecule has 0 aliphatic carbocycles. The second kappa shape index (κ2) is 4.40. The standard InChI is InChI=1S/C10H17N3O3S/c1-8-10(9(2)12(3)11-8)17(14,15)13-6-4-5-7-16-13/h4-7H2,1-3H3. The first-order valence-corrected chi connectivity index (χ1v) is 7.04. The van der Waals surface area contributed by atoms with E-state index in [0.717, 1.165) is 17.3 Å². The molecule has 7 heteroatoms. The van der Waals surface area contributed by atoms with Gasteiger partial charge in [0, 0.05) is 13.6 Å². The Labute approximate surface area is 101 Å². The molecular weight excluding hydrogens is 242 g/mol. The predicted octanol–water partition coefficient (Wildman–Crippen LogP) is 0.753. The van der Waals surface area contributed by atoms with Crippen molar-refractivity contribution in [1.29, 1.82) is 0 Å². The minimum absolute atomic E-state index is 0.266. The van der Waals surface area contributed by atoms with Gasteiger partial charge in [-0.1, -0.05) is 4.47 Å². The molecule has 6 nitrogen and oxygen atoms in total. The summed E-state index contributed by atoms with van der Waals surface area (Å²) in [4.78, 5) is 5.49. The Morgan fingerprint density at radius 1 is 1.29 bits per heavy atom. The van der Waals surface area contributed by atoms with E-state index >= 15 is 0 Å². The maximum absolute atomic E-state index is 12.4. The van der Waals surface area contributed by atoms with Crippen molar-refractivity contribution in [2.75, 3.05) is 13.2 Å². The van der Waals surface area contributed by atoms with Crippen LogP contribution in [0.2, 0.25) is 0 Å². The van der Waals surface area contributed by atoms with Crippen LogP contribution in [0.25, 0.3) is 0 Å². The number of nitrogens with zero attached hydrogens (tertiary/aromatic N) is 3. The maximum Gasteiger partial charge on any atom is 0.268 e. The SMILES string of the molecule is Cc1nn(C)c(C)c1S(=O)(=O)N1CCCCO1. The van der Waals surface area contributed by atoms with Gasteiger partial charge in [0.05, 0.1) is 18.0 Å². The van der Waals surface area contributed by atoms with Gasteiger partial charge in [-0.15, -0.1) is 0 Å². The maximum atomic E-state index is 12.4. The number of sulfonamides is 1. The predicted molar refractivity (Wildman–Crippen MR) is 61.8 cm³/mol. The van der Waals surface area contributed by atoms with Gasteiger partial charge in [-0.05, 0) is 26.7 Å². The first-order chi connectivity index (χ1) is 7.94. The van der Waals surface area contributed by atoms with Crippen molar-refractivity contribution in [2.24, 2.45) is 7.05 Å². The summed E-state index contributed by atoms with van der Waals surface area (Å²) in [5.41, 5.74) is 1.15. The molecule has 0 amide bonds. The van der Waals surface area contributed by atoms with E-state index in [2.05, 4.69) is 5.10 Å². The zero-order chi connectivity index (χ0) is 12.6. The highest BCUT2D eigenvalue weighted by Crippen LogP contribution is 2.24. The fourth-order valence-corrected chi connectivity index (χ4v) is 3.70. The molecule has 1 fully saturated rings. The highest BCUT2D eigenvalue weighted by molar-refractivity contribution is 7.89. The van der Waals surface area contributed by atoms with Gasteiger partial charge in [0.25, 0.3) is 10.0 Å². The Morgan fingerprint density at radius 3 is 2.47 bits per heavy atom. The third kappa shape index (κ3) is 2.10. The zero-order valence-corrected chi connectivity index (χ0v) is 11.1. The molecule has 96 valence electrons. The normalized spacial score (nSPS) is 18.5. The number of aryl methyl sites for hydroxylation is 2. The molecular formula is C10H17N3O3S. The molecule has 0 spiro atoms. The lowest BCUT2D eigenvalue weighted by Gasteiger charge is -2.25. The van der Waals surface area contributed by atoms with Gasteiger partial charge in [-0.25, -0.2) is 8.42 Å². The van der Waals surface area contributed by atoms with Crippen LogP contribution < -0.4 is 0 Å². The van der Waals surface area contributed by atoms with Crippen molar-refractivity contribution < 1.29 is 13.3 Å². The summed E-state index contributed by atoms with van der Waals surface area (Å²) in [5, 5.41) is 4.13. The molecule has 1 aromatic heterocycles. The van der Waals surface area contributed by atoms with Gasteiger partial charge in [0.1, 0.15) is 4.90 Å². The summed E-state index contributed by atoms with van der Waals surface area (Å²) in [6.45, 7) is 4.31. The monoisotopic (exact) mass is 259 g/mol. The van der Waals surface area contributed by atoms with Crippen molar-refractivity contribution in [1.82, 2.24) is 14.2 Å².